The van der Waals surface area contributed by atoms with Crippen molar-refractivity contribution in [1.82, 2.24) is 4.90 Å². The summed E-state index contributed by atoms with van der Waals surface area (Å²) in [4.78, 5) is 25.5. The second-order valence-corrected chi connectivity index (χ2v) is 6.70. The van der Waals surface area contributed by atoms with Crippen LogP contribution in [0.25, 0.3) is 6.08 Å². The van der Waals surface area contributed by atoms with Crippen molar-refractivity contribution in [2.75, 3.05) is 44.8 Å². The first kappa shape index (κ1) is 21.4. The molecule has 0 unspecified atom stereocenters. The third-order valence-corrected chi connectivity index (χ3v) is 4.59. The highest BCUT2D eigenvalue weighted by atomic mass is 16.5. The minimum atomic E-state index is -1.12. The van der Waals surface area contributed by atoms with Gasteiger partial charge in [0.2, 0.25) is 5.91 Å². The number of carboxylic acids is 1. The molecule has 0 aliphatic carbocycles. The number of benzene rings is 2. The van der Waals surface area contributed by atoms with Gasteiger partial charge in [0.15, 0.2) is 11.5 Å². The van der Waals surface area contributed by atoms with Crippen LogP contribution in [-0.2, 0) is 9.53 Å². The Morgan fingerprint density at radius 3 is 2.67 bits per heavy atom. The molecular formula is C22H24N2O6. The van der Waals surface area contributed by atoms with Gasteiger partial charge in [-0.2, -0.15) is 0 Å². The Morgan fingerprint density at radius 2 is 1.93 bits per heavy atom. The van der Waals surface area contributed by atoms with Gasteiger partial charge in [0.05, 0.1) is 24.5 Å². The summed E-state index contributed by atoms with van der Waals surface area (Å²) in [5.74, 6) is -1.24. The first-order chi connectivity index (χ1) is 14.5. The number of ether oxygens (including phenoxy) is 2. The first-order valence-electron chi connectivity index (χ1n) is 9.60. The van der Waals surface area contributed by atoms with Gasteiger partial charge in [0, 0.05) is 25.7 Å². The largest absolute Gasteiger partial charge is 0.504 e. The number of nitrogens with zero attached hydrogens (tertiary/aromatic N) is 1. The number of carbonyl (C=O) groups is 2. The van der Waals surface area contributed by atoms with Crippen LogP contribution in [0, 0.1) is 0 Å². The maximum Gasteiger partial charge on any atom is 0.337 e. The fourth-order valence-electron chi connectivity index (χ4n) is 2.99. The quantitative estimate of drug-likeness (QED) is 0.572. The minimum Gasteiger partial charge on any atom is -0.504 e. The smallest absolute Gasteiger partial charge is 0.337 e. The van der Waals surface area contributed by atoms with Crippen LogP contribution >= 0.6 is 0 Å². The molecule has 1 heterocycles. The van der Waals surface area contributed by atoms with Crippen LogP contribution in [-0.4, -0.2) is 66.4 Å². The molecule has 0 saturated carbocycles. The molecule has 0 aromatic heterocycles. The van der Waals surface area contributed by atoms with E-state index in [2.05, 4.69) is 10.2 Å². The Labute approximate surface area is 174 Å². The van der Waals surface area contributed by atoms with Crippen LogP contribution in [0.1, 0.15) is 15.9 Å². The zero-order valence-corrected chi connectivity index (χ0v) is 16.4. The van der Waals surface area contributed by atoms with Crippen LogP contribution in [0.2, 0.25) is 0 Å². The van der Waals surface area contributed by atoms with Crippen molar-refractivity contribution < 1.29 is 29.3 Å². The predicted octanol–water partition coefficient (Wildman–Crippen LogP) is 2.45. The number of carbonyl (C=O) groups excluding carboxylic acids is 1. The van der Waals surface area contributed by atoms with E-state index in [-0.39, 0.29) is 17.0 Å². The topological polar surface area (TPSA) is 108 Å². The molecular weight excluding hydrogens is 388 g/mol. The minimum absolute atomic E-state index is 0.00970. The molecule has 158 valence electrons. The summed E-state index contributed by atoms with van der Waals surface area (Å²) in [7, 11) is 0. The number of anilines is 1. The van der Waals surface area contributed by atoms with Gasteiger partial charge >= 0.3 is 5.97 Å². The number of hydrogen-bond acceptors (Lipinski definition) is 6. The number of rotatable bonds is 8. The highest BCUT2D eigenvalue weighted by Crippen LogP contribution is 2.27. The molecule has 2 aromatic carbocycles. The Hall–Kier alpha value is -3.36. The predicted molar refractivity (Wildman–Crippen MR) is 112 cm³/mol. The molecule has 0 atom stereocenters. The second kappa shape index (κ2) is 10.4. The molecule has 1 saturated heterocycles. The molecule has 3 N–H and O–H groups in total. The summed E-state index contributed by atoms with van der Waals surface area (Å²) in [6.07, 6.45) is 2.79. The lowest BCUT2D eigenvalue weighted by Gasteiger charge is -2.26. The molecule has 0 bridgehead atoms. The maximum absolute atomic E-state index is 12.1. The van der Waals surface area contributed by atoms with Gasteiger partial charge in [-0.3, -0.25) is 9.69 Å². The van der Waals surface area contributed by atoms with Crippen LogP contribution < -0.4 is 10.1 Å². The summed E-state index contributed by atoms with van der Waals surface area (Å²) >= 11 is 0. The van der Waals surface area contributed by atoms with Gasteiger partial charge < -0.3 is 25.0 Å². The van der Waals surface area contributed by atoms with Crippen LogP contribution in [0.4, 0.5) is 5.69 Å². The van der Waals surface area contributed by atoms with E-state index in [4.69, 9.17) is 14.6 Å². The first-order valence-corrected chi connectivity index (χ1v) is 9.60. The molecule has 30 heavy (non-hydrogen) atoms. The molecule has 0 spiro atoms. The van der Waals surface area contributed by atoms with E-state index < -0.39 is 11.9 Å². The van der Waals surface area contributed by atoms with Crippen molar-refractivity contribution >= 4 is 23.6 Å². The van der Waals surface area contributed by atoms with Crippen LogP contribution in [0.5, 0.6) is 11.5 Å². The lowest BCUT2D eigenvalue weighted by atomic mass is 10.1. The summed E-state index contributed by atoms with van der Waals surface area (Å²) in [6, 6.07) is 11.0. The van der Waals surface area contributed by atoms with E-state index in [0.717, 1.165) is 32.8 Å². The SMILES string of the molecule is O=C(/C=C/c1ccc(OCCN2CCOCC2)c(O)c1)Nc1ccccc1C(=O)O. The second-order valence-electron chi connectivity index (χ2n) is 6.70. The van der Waals surface area contributed by atoms with Crippen molar-refractivity contribution in [3.63, 3.8) is 0 Å². The zero-order valence-electron chi connectivity index (χ0n) is 16.4. The monoisotopic (exact) mass is 412 g/mol. The number of aromatic carboxylic acids is 1. The van der Waals surface area contributed by atoms with E-state index in [1.807, 2.05) is 0 Å². The number of phenols is 1. The average Bonchev–Trinajstić information content (AvgIpc) is 2.74. The highest BCUT2D eigenvalue weighted by molar-refractivity contribution is 6.06. The summed E-state index contributed by atoms with van der Waals surface area (Å²) in [5, 5.41) is 21.9. The number of phenolic OH excluding ortho intramolecular Hbond substituents is 1. The number of aromatic hydroxyl groups is 1. The maximum atomic E-state index is 12.1. The van der Waals surface area contributed by atoms with Crippen molar-refractivity contribution in [1.29, 1.82) is 0 Å². The molecule has 1 fully saturated rings. The molecule has 3 rings (SSSR count). The standard InChI is InChI=1S/C22H24N2O6/c25-19-15-16(5-7-20(19)30-14-11-24-9-12-29-13-10-24)6-8-21(26)23-18-4-2-1-3-17(18)22(27)28/h1-8,15,25H,9-14H2,(H,23,26)(H,27,28)/b8-6+. The number of carboxylic acid groups (broad SMARTS) is 1. The third-order valence-electron chi connectivity index (χ3n) is 4.59. The van der Waals surface area contributed by atoms with Crippen LogP contribution in [0.15, 0.2) is 48.5 Å². The zero-order chi connectivity index (χ0) is 21.3. The summed E-state index contributed by atoms with van der Waals surface area (Å²) in [6.45, 7) is 4.40. The number of hydrogen-bond donors (Lipinski definition) is 3. The number of para-hydroxylation sites is 1. The normalized spacial score (nSPS) is 14.5. The summed E-state index contributed by atoms with van der Waals surface area (Å²) < 4.78 is 10.9. The van der Waals surface area contributed by atoms with E-state index >= 15 is 0 Å². The number of nitrogens with one attached hydrogen (secondary N) is 1. The van der Waals surface area contributed by atoms with E-state index in [0.29, 0.717) is 17.9 Å². The third kappa shape index (κ3) is 6.07. The molecule has 0 radical (unpaired) electrons. The fourth-order valence-corrected chi connectivity index (χ4v) is 2.99. The fraction of sp³-hybridized carbons (Fsp3) is 0.273. The van der Waals surface area contributed by atoms with E-state index in [1.54, 1.807) is 24.3 Å². The van der Waals surface area contributed by atoms with Crippen molar-refractivity contribution in [2.45, 2.75) is 0 Å². The van der Waals surface area contributed by atoms with Gasteiger partial charge in [-0.1, -0.05) is 18.2 Å². The summed E-state index contributed by atoms with van der Waals surface area (Å²) in [5.41, 5.74) is 0.830. The Bertz CT molecular complexity index is 922. The lowest BCUT2D eigenvalue weighted by molar-refractivity contribution is -0.111. The average molecular weight is 412 g/mol. The number of amides is 1. The molecule has 8 nitrogen and oxygen atoms in total. The lowest BCUT2D eigenvalue weighted by Crippen LogP contribution is -2.38. The van der Waals surface area contributed by atoms with Gasteiger partial charge in [-0.05, 0) is 35.9 Å². The van der Waals surface area contributed by atoms with Gasteiger partial charge in [0.25, 0.3) is 0 Å². The Balaban J connectivity index is 1.53. The molecule has 8 heteroatoms. The van der Waals surface area contributed by atoms with Gasteiger partial charge in [-0.15, -0.1) is 0 Å². The molecule has 1 aliphatic rings. The van der Waals surface area contributed by atoms with Crippen molar-refractivity contribution in [3.05, 3.63) is 59.7 Å². The van der Waals surface area contributed by atoms with Gasteiger partial charge in [0.1, 0.15) is 6.61 Å². The molecule has 2 aromatic rings. The molecule has 1 amide bonds. The van der Waals surface area contributed by atoms with Crippen LogP contribution in [0.3, 0.4) is 0 Å². The van der Waals surface area contributed by atoms with E-state index in [9.17, 15) is 14.7 Å². The Kier molecular flexibility index (Phi) is 7.42. The van der Waals surface area contributed by atoms with E-state index in [1.165, 1.54) is 30.4 Å². The Morgan fingerprint density at radius 1 is 1.17 bits per heavy atom. The van der Waals surface area contributed by atoms with Crippen molar-refractivity contribution in [2.24, 2.45) is 0 Å². The number of morpholine rings is 1. The van der Waals surface area contributed by atoms with Gasteiger partial charge in [-0.25, -0.2) is 4.79 Å². The molecule has 1 aliphatic heterocycles. The van der Waals surface area contributed by atoms with Crippen molar-refractivity contribution in [3.8, 4) is 11.5 Å². The highest BCUT2D eigenvalue weighted by Gasteiger charge is 2.12.